The number of carbonyl (C=O) groups excluding carboxylic acids is 2. The molecule has 2 amide bonds. The molecule has 2 heterocycles. The van der Waals surface area contributed by atoms with Gasteiger partial charge in [-0.05, 0) is 48.7 Å². The molecule has 2 N–H and O–H groups in total. The van der Waals surface area contributed by atoms with E-state index in [1.165, 1.54) is 6.20 Å². The lowest BCUT2D eigenvalue weighted by Crippen LogP contribution is -2.35. The van der Waals surface area contributed by atoms with Crippen LogP contribution in [0.1, 0.15) is 23.2 Å². The first-order valence-electron chi connectivity index (χ1n) is 9.42. The Balaban J connectivity index is 1.49. The van der Waals surface area contributed by atoms with Crippen molar-refractivity contribution in [1.82, 2.24) is 9.97 Å². The van der Waals surface area contributed by atoms with E-state index >= 15 is 0 Å². The predicted octanol–water partition coefficient (Wildman–Crippen LogP) is 5.01. The van der Waals surface area contributed by atoms with Gasteiger partial charge in [0, 0.05) is 39.8 Å². The van der Waals surface area contributed by atoms with Crippen LogP contribution in [-0.2, 0) is 4.79 Å². The summed E-state index contributed by atoms with van der Waals surface area (Å²) in [7, 11) is 0. The van der Waals surface area contributed by atoms with Crippen LogP contribution in [0.2, 0.25) is 5.02 Å². The number of halogens is 2. The summed E-state index contributed by atoms with van der Waals surface area (Å²) in [5.41, 5.74) is 2.65. The summed E-state index contributed by atoms with van der Waals surface area (Å²) in [6.07, 6.45) is 6.04. The Bertz CT molecular complexity index is 1080. The van der Waals surface area contributed by atoms with E-state index in [0.29, 0.717) is 34.9 Å². The number of carbonyl (C=O) groups is 2. The van der Waals surface area contributed by atoms with Gasteiger partial charge >= 0.3 is 0 Å². The van der Waals surface area contributed by atoms with E-state index in [1.807, 2.05) is 18.2 Å². The normalized spacial score (nSPS) is 17.7. The monoisotopic (exact) mass is 440 g/mol. The Kier molecular flexibility index (Phi) is 5.97. The highest BCUT2D eigenvalue weighted by Gasteiger charge is 2.33. The molecule has 0 atom stereocenters. The number of amides is 2. The van der Waals surface area contributed by atoms with Gasteiger partial charge in [-0.15, -0.1) is 11.6 Å². The number of alkyl halides is 1. The number of rotatable bonds is 5. The third-order valence-corrected chi connectivity index (χ3v) is 5.56. The molecule has 2 aromatic heterocycles. The molecule has 152 valence electrons. The highest BCUT2D eigenvalue weighted by atomic mass is 35.5. The first kappa shape index (κ1) is 20.3. The largest absolute Gasteiger partial charge is 0.320 e. The van der Waals surface area contributed by atoms with Gasteiger partial charge < -0.3 is 10.6 Å². The van der Waals surface area contributed by atoms with Gasteiger partial charge in [0.25, 0.3) is 5.91 Å². The number of pyridine rings is 2. The average Bonchev–Trinajstić information content (AvgIpc) is 2.72. The molecule has 1 aliphatic carbocycles. The predicted molar refractivity (Wildman–Crippen MR) is 118 cm³/mol. The lowest BCUT2D eigenvalue weighted by Gasteiger charge is -2.29. The van der Waals surface area contributed by atoms with Gasteiger partial charge in [-0.1, -0.05) is 23.7 Å². The topological polar surface area (TPSA) is 84.0 Å². The van der Waals surface area contributed by atoms with E-state index in [-0.39, 0.29) is 23.1 Å². The smallest absolute Gasteiger partial charge is 0.255 e. The second kappa shape index (κ2) is 8.81. The molecule has 4 rings (SSSR count). The molecule has 0 unspecified atom stereocenters. The van der Waals surface area contributed by atoms with Crippen molar-refractivity contribution in [1.29, 1.82) is 0 Å². The molecule has 1 aromatic carbocycles. The molecule has 0 aliphatic heterocycles. The molecule has 1 fully saturated rings. The maximum Gasteiger partial charge on any atom is 0.255 e. The fraction of sp³-hybridized carbons (Fsp3) is 0.182. The number of nitrogens with one attached hydrogen (secondary N) is 2. The van der Waals surface area contributed by atoms with Gasteiger partial charge in [0.1, 0.15) is 5.82 Å². The second-order valence-electron chi connectivity index (χ2n) is 7.07. The van der Waals surface area contributed by atoms with Crippen molar-refractivity contribution in [3.05, 3.63) is 71.6 Å². The number of hydrogen-bond acceptors (Lipinski definition) is 4. The Labute approximate surface area is 183 Å². The highest BCUT2D eigenvalue weighted by molar-refractivity contribution is 6.30. The van der Waals surface area contributed by atoms with Gasteiger partial charge in [0.15, 0.2) is 0 Å². The summed E-state index contributed by atoms with van der Waals surface area (Å²) in [6.45, 7) is 0. The maximum absolute atomic E-state index is 12.8. The van der Waals surface area contributed by atoms with Crippen LogP contribution in [-0.4, -0.2) is 27.2 Å². The summed E-state index contributed by atoms with van der Waals surface area (Å²) in [5, 5.41) is 6.32. The van der Waals surface area contributed by atoms with Crippen LogP contribution in [0.25, 0.3) is 11.1 Å². The summed E-state index contributed by atoms with van der Waals surface area (Å²) < 4.78 is 0. The van der Waals surface area contributed by atoms with Gasteiger partial charge in [-0.3, -0.25) is 14.6 Å². The number of aromatic nitrogens is 2. The lowest BCUT2D eigenvalue weighted by atomic mass is 9.84. The van der Waals surface area contributed by atoms with Crippen molar-refractivity contribution < 1.29 is 9.59 Å². The van der Waals surface area contributed by atoms with E-state index < -0.39 is 0 Å². The zero-order valence-electron chi connectivity index (χ0n) is 15.8. The summed E-state index contributed by atoms with van der Waals surface area (Å²) in [5.74, 6) is -0.242. The second-order valence-corrected chi connectivity index (χ2v) is 8.12. The van der Waals surface area contributed by atoms with Crippen LogP contribution in [0.5, 0.6) is 0 Å². The minimum absolute atomic E-state index is 0.0557. The van der Waals surface area contributed by atoms with Crippen LogP contribution in [0.4, 0.5) is 11.5 Å². The van der Waals surface area contributed by atoms with Crippen LogP contribution in [0.3, 0.4) is 0 Å². The quantitative estimate of drug-likeness (QED) is 0.546. The van der Waals surface area contributed by atoms with Crippen molar-refractivity contribution in [2.45, 2.75) is 18.2 Å². The molecule has 3 aromatic rings. The number of hydrogen-bond donors (Lipinski definition) is 2. The Morgan fingerprint density at radius 1 is 1.00 bits per heavy atom. The maximum atomic E-state index is 12.8. The molecule has 0 saturated heterocycles. The van der Waals surface area contributed by atoms with E-state index in [2.05, 4.69) is 20.6 Å². The van der Waals surface area contributed by atoms with E-state index in [9.17, 15) is 9.59 Å². The zero-order chi connectivity index (χ0) is 21.1. The molecule has 0 bridgehead atoms. The average molecular weight is 441 g/mol. The molecule has 0 radical (unpaired) electrons. The molecule has 1 aliphatic rings. The van der Waals surface area contributed by atoms with Crippen molar-refractivity contribution in [2.24, 2.45) is 5.92 Å². The Morgan fingerprint density at radius 2 is 1.77 bits per heavy atom. The summed E-state index contributed by atoms with van der Waals surface area (Å²) >= 11 is 11.9. The van der Waals surface area contributed by atoms with Gasteiger partial charge in [-0.2, -0.15) is 0 Å². The number of benzene rings is 1. The van der Waals surface area contributed by atoms with Crippen molar-refractivity contribution >= 4 is 46.5 Å². The molecule has 1 saturated carbocycles. The van der Waals surface area contributed by atoms with Crippen LogP contribution in [0.15, 0.2) is 61.1 Å². The minimum atomic E-state index is -0.333. The summed E-state index contributed by atoms with van der Waals surface area (Å²) in [6, 6.07) is 12.3. The van der Waals surface area contributed by atoms with Crippen LogP contribution in [0, 0.1) is 5.92 Å². The first-order chi connectivity index (χ1) is 14.5. The van der Waals surface area contributed by atoms with Crippen molar-refractivity contribution in [3.8, 4) is 11.1 Å². The highest BCUT2D eigenvalue weighted by Crippen LogP contribution is 2.33. The summed E-state index contributed by atoms with van der Waals surface area (Å²) in [4.78, 5) is 33.3. The van der Waals surface area contributed by atoms with Gasteiger partial charge in [0.2, 0.25) is 5.91 Å². The Morgan fingerprint density at radius 3 is 2.50 bits per heavy atom. The van der Waals surface area contributed by atoms with Gasteiger partial charge in [0.05, 0.1) is 11.9 Å². The van der Waals surface area contributed by atoms with Crippen molar-refractivity contribution in [2.75, 3.05) is 10.6 Å². The fourth-order valence-electron chi connectivity index (χ4n) is 3.20. The standard InChI is InChI=1S/C22H18Cl2N4O2/c23-16-3-1-13(2-4-16)18-6-7-25-12-19(18)27-21(29)14-5-8-26-20(11-14)28-22(30)15-9-17(24)10-15/h1-8,11-12,15,17H,9-10H2,(H,27,29)(H,26,28,30)/t15-,17-. The zero-order valence-corrected chi connectivity index (χ0v) is 17.3. The van der Waals surface area contributed by atoms with E-state index in [4.69, 9.17) is 23.2 Å². The van der Waals surface area contributed by atoms with E-state index in [1.54, 1.807) is 36.7 Å². The SMILES string of the molecule is O=C(Nc1cnccc1-c1ccc(Cl)cc1)c1ccnc(NC(=O)[C@H]2C[C@H](Cl)C2)c1. The van der Waals surface area contributed by atoms with Crippen LogP contribution < -0.4 is 10.6 Å². The van der Waals surface area contributed by atoms with Crippen molar-refractivity contribution in [3.63, 3.8) is 0 Å². The molecular formula is C22H18Cl2N4O2. The Hall–Kier alpha value is -2.96. The molecular weight excluding hydrogens is 423 g/mol. The van der Waals surface area contributed by atoms with E-state index in [0.717, 1.165) is 11.1 Å². The molecule has 8 heteroatoms. The minimum Gasteiger partial charge on any atom is -0.320 e. The third kappa shape index (κ3) is 4.61. The number of nitrogens with zero attached hydrogens (tertiary/aromatic N) is 2. The number of anilines is 2. The third-order valence-electron chi connectivity index (χ3n) is 4.95. The van der Waals surface area contributed by atoms with Gasteiger partial charge in [-0.25, -0.2) is 4.98 Å². The first-order valence-corrected chi connectivity index (χ1v) is 10.2. The van der Waals surface area contributed by atoms with Crippen LogP contribution >= 0.6 is 23.2 Å². The fourth-order valence-corrected chi connectivity index (χ4v) is 3.76. The molecule has 30 heavy (non-hydrogen) atoms. The lowest BCUT2D eigenvalue weighted by molar-refractivity contribution is -0.122. The molecule has 6 nitrogen and oxygen atoms in total. The molecule has 0 spiro atoms.